The Morgan fingerprint density at radius 1 is 1.35 bits per heavy atom. The van der Waals surface area contributed by atoms with Crippen LogP contribution in [-0.2, 0) is 4.79 Å². The number of nitrogens with two attached hydrogens (primary N) is 1. The van der Waals surface area contributed by atoms with Crippen LogP contribution < -0.4 is 5.73 Å². The number of hydrogen-bond donors (Lipinski definition) is 1. The number of benzene rings is 1. The van der Waals surface area contributed by atoms with Crippen molar-refractivity contribution >= 4 is 5.91 Å². The lowest BCUT2D eigenvalue weighted by atomic mass is 10.1. The molecule has 1 amide bonds. The van der Waals surface area contributed by atoms with E-state index in [0.717, 1.165) is 11.1 Å². The van der Waals surface area contributed by atoms with Crippen molar-refractivity contribution in [3.8, 4) is 11.1 Å². The van der Waals surface area contributed by atoms with Gasteiger partial charge >= 0.3 is 0 Å². The summed E-state index contributed by atoms with van der Waals surface area (Å²) in [5.41, 5.74) is 7.40. The molecule has 2 rings (SSSR count). The van der Waals surface area contributed by atoms with Crippen molar-refractivity contribution in [1.29, 1.82) is 0 Å². The largest absolute Gasteiger partial charge is 0.368 e. The van der Waals surface area contributed by atoms with Gasteiger partial charge < -0.3 is 5.73 Å². The molecule has 1 heterocycles. The molecule has 0 aliphatic carbocycles. The monoisotopic (exact) mass is 229 g/mol. The van der Waals surface area contributed by atoms with Gasteiger partial charge in [0.25, 0.3) is 0 Å². The van der Waals surface area contributed by atoms with Gasteiger partial charge in [0, 0.05) is 11.8 Å². The minimum Gasteiger partial charge on any atom is -0.368 e. The van der Waals surface area contributed by atoms with Crippen LogP contribution in [0.25, 0.3) is 11.1 Å². The fourth-order valence-electron chi connectivity index (χ4n) is 1.81. The highest BCUT2D eigenvalue weighted by atomic mass is 16.1. The molecule has 2 aromatic rings. The van der Waals surface area contributed by atoms with E-state index in [-0.39, 0.29) is 11.9 Å². The molecule has 0 aliphatic rings. The molecule has 1 unspecified atom stereocenters. The van der Waals surface area contributed by atoms with Crippen molar-refractivity contribution in [3.05, 3.63) is 42.7 Å². The molecule has 1 aromatic carbocycles. The van der Waals surface area contributed by atoms with Gasteiger partial charge in [-0.3, -0.25) is 9.48 Å². The number of carbonyl (C=O) groups is 1. The quantitative estimate of drug-likeness (QED) is 0.871. The van der Waals surface area contributed by atoms with Crippen LogP contribution in [0.4, 0.5) is 0 Å². The zero-order valence-electron chi connectivity index (χ0n) is 9.71. The molecule has 4 heteroatoms. The second kappa shape index (κ2) is 4.82. The highest BCUT2D eigenvalue weighted by Gasteiger charge is 2.16. The summed E-state index contributed by atoms with van der Waals surface area (Å²) in [6, 6.07) is 9.55. The van der Waals surface area contributed by atoms with Crippen molar-refractivity contribution in [2.45, 2.75) is 19.4 Å². The van der Waals surface area contributed by atoms with Gasteiger partial charge in [-0.15, -0.1) is 0 Å². The van der Waals surface area contributed by atoms with Gasteiger partial charge in [0.05, 0.1) is 6.20 Å². The summed E-state index contributed by atoms with van der Waals surface area (Å²) >= 11 is 0. The van der Waals surface area contributed by atoms with Gasteiger partial charge in [-0.1, -0.05) is 37.3 Å². The van der Waals surface area contributed by atoms with Gasteiger partial charge in [-0.25, -0.2) is 0 Å². The summed E-state index contributed by atoms with van der Waals surface area (Å²) in [6.45, 7) is 1.92. The van der Waals surface area contributed by atoms with E-state index < -0.39 is 0 Å². The smallest absolute Gasteiger partial charge is 0.242 e. The van der Waals surface area contributed by atoms with E-state index in [2.05, 4.69) is 5.10 Å². The first-order valence-corrected chi connectivity index (χ1v) is 5.61. The molecule has 0 spiro atoms. The molecule has 0 bridgehead atoms. The van der Waals surface area contributed by atoms with Crippen molar-refractivity contribution in [1.82, 2.24) is 9.78 Å². The number of hydrogen-bond acceptors (Lipinski definition) is 2. The van der Waals surface area contributed by atoms with Gasteiger partial charge in [0.1, 0.15) is 6.04 Å². The third-order valence-electron chi connectivity index (χ3n) is 2.74. The normalized spacial score (nSPS) is 12.3. The number of rotatable bonds is 4. The van der Waals surface area contributed by atoms with E-state index in [1.807, 2.05) is 43.5 Å². The summed E-state index contributed by atoms with van der Waals surface area (Å²) < 4.78 is 1.63. The summed E-state index contributed by atoms with van der Waals surface area (Å²) in [4.78, 5) is 11.2. The van der Waals surface area contributed by atoms with Crippen molar-refractivity contribution < 1.29 is 4.79 Å². The van der Waals surface area contributed by atoms with E-state index in [4.69, 9.17) is 5.73 Å². The fraction of sp³-hybridized carbons (Fsp3) is 0.231. The maximum Gasteiger partial charge on any atom is 0.242 e. The Bertz CT molecular complexity index is 504. The summed E-state index contributed by atoms with van der Waals surface area (Å²) in [6.07, 6.45) is 4.25. The molecule has 17 heavy (non-hydrogen) atoms. The highest BCUT2D eigenvalue weighted by molar-refractivity contribution is 5.78. The van der Waals surface area contributed by atoms with Crippen LogP contribution >= 0.6 is 0 Å². The average Bonchev–Trinajstić information content (AvgIpc) is 2.80. The first-order valence-electron chi connectivity index (χ1n) is 5.61. The molecule has 88 valence electrons. The molecule has 0 saturated carbocycles. The Kier molecular flexibility index (Phi) is 3.23. The van der Waals surface area contributed by atoms with Crippen LogP contribution in [-0.4, -0.2) is 15.7 Å². The van der Waals surface area contributed by atoms with Crippen LogP contribution in [0.15, 0.2) is 42.7 Å². The lowest BCUT2D eigenvalue weighted by Gasteiger charge is -2.10. The zero-order chi connectivity index (χ0) is 12.3. The molecule has 2 N–H and O–H groups in total. The molecule has 0 radical (unpaired) electrons. The minimum atomic E-state index is -0.368. The lowest BCUT2D eigenvalue weighted by Crippen LogP contribution is -2.26. The zero-order valence-corrected chi connectivity index (χ0v) is 9.71. The standard InChI is InChI=1S/C13H15N3O/c1-2-12(13(14)17)16-9-11(8-15-16)10-6-4-3-5-7-10/h3-9,12H,2H2,1H3,(H2,14,17). The Hall–Kier alpha value is -2.10. The van der Waals surface area contributed by atoms with Crippen LogP contribution in [0.2, 0.25) is 0 Å². The summed E-state index contributed by atoms with van der Waals surface area (Å²) in [5, 5.41) is 4.20. The molecule has 1 atom stereocenters. The first-order chi connectivity index (χ1) is 8.22. The maximum absolute atomic E-state index is 11.2. The molecule has 4 nitrogen and oxygen atoms in total. The van der Waals surface area contributed by atoms with E-state index in [1.165, 1.54) is 0 Å². The van der Waals surface area contributed by atoms with Gasteiger partial charge in [-0.2, -0.15) is 5.10 Å². The molecule has 0 fully saturated rings. The third-order valence-corrected chi connectivity index (χ3v) is 2.74. The Morgan fingerprint density at radius 2 is 2.06 bits per heavy atom. The van der Waals surface area contributed by atoms with Gasteiger partial charge in [0.2, 0.25) is 5.91 Å². The Morgan fingerprint density at radius 3 is 2.65 bits per heavy atom. The number of carbonyl (C=O) groups excluding carboxylic acids is 1. The lowest BCUT2D eigenvalue weighted by molar-refractivity contribution is -0.121. The van der Waals surface area contributed by atoms with E-state index in [1.54, 1.807) is 10.9 Å². The SMILES string of the molecule is CCC(C(N)=O)n1cc(-c2ccccc2)cn1. The van der Waals surface area contributed by atoms with Gasteiger partial charge in [0.15, 0.2) is 0 Å². The second-order valence-electron chi connectivity index (χ2n) is 3.90. The number of amides is 1. The molecular formula is C13H15N3O. The average molecular weight is 229 g/mol. The molecule has 0 saturated heterocycles. The summed E-state index contributed by atoms with van der Waals surface area (Å²) in [7, 11) is 0. The molecule has 1 aromatic heterocycles. The second-order valence-corrected chi connectivity index (χ2v) is 3.90. The Balaban J connectivity index is 2.30. The van der Waals surface area contributed by atoms with Crippen molar-refractivity contribution in [2.24, 2.45) is 5.73 Å². The van der Waals surface area contributed by atoms with E-state index in [9.17, 15) is 4.79 Å². The maximum atomic E-state index is 11.2. The summed E-state index contributed by atoms with van der Waals surface area (Å²) in [5.74, 6) is -0.352. The van der Waals surface area contributed by atoms with Crippen molar-refractivity contribution in [3.63, 3.8) is 0 Å². The molecule has 0 aliphatic heterocycles. The van der Waals surface area contributed by atoms with Gasteiger partial charge in [-0.05, 0) is 12.0 Å². The van der Waals surface area contributed by atoms with Crippen LogP contribution in [0.3, 0.4) is 0 Å². The third kappa shape index (κ3) is 2.36. The highest BCUT2D eigenvalue weighted by Crippen LogP contribution is 2.20. The van der Waals surface area contributed by atoms with Crippen molar-refractivity contribution in [2.75, 3.05) is 0 Å². The number of nitrogens with zero attached hydrogens (tertiary/aromatic N) is 2. The Labute approximate surface area is 100 Å². The predicted octanol–water partition coefficient (Wildman–Crippen LogP) is 1.99. The van der Waals surface area contributed by atoms with Crippen LogP contribution in [0.5, 0.6) is 0 Å². The van der Waals surface area contributed by atoms with E-state index in [0.29, 0.717) is 6.42 Å². The number of aromatic nitrogens is 2. The number of primary amides is 1. The minimum absolute atomic E-state index is 0.352. The molecular weight excluding hydrogens is 214 g/mol. The predicted molar refractivity (Wildman–Crippen MR) is 66.2 cm³/mol. The van der Waals surface area contributed by atoms with Crippen LogP contribution in [0.1, 0.15) is 19.4 Å². The topological polar surface area (TPSA) is 60.9 Å². The van der Waals surface area contributed by atoms with Crippen LogP contribution in [0, 0.1) is 0 Å². The first kappa shape index (κ1) is 11.4. The van der Waals surface area contributed by atoms with E-state index >= 15 is 0 Å². The fourth-order valence-corrected chi connectivity index (χ4v) is 1.81.